The highest BCUT2D eigenvalue weighted by Gasteiger charge is 2.19. The van der Waals surface area contributed by atoms with Crippen molar-refractivity contribution < 1.29 is 9.90 Å². The van der Waals surface area contributed by atoms with Crippen LogP contribution in [0.15, 0.2) is 16.8 Å². The van der Waals surface area contributed by atoms with E-state index in [-0.39, 0.29) is 5.92 Å². The summed E-state index contributed by atoms with van der Waals surface area (Å²) in [6.07, 6.45) is 1.42. The van der Waals surface area contributed by atoms with Crippen LogP contribution in [0.5, 0.6) is 0 Å². The molecule has 0 bridgehead atoms. The second-order valence-corrected chi connectivity index (χ2v) is 4.78. The highest BCUT2D eigenvalue weighted by atomic mass is 32.1. The molecule has 1 aromatic heterocycles. The van der Waals surface area contributed by atoms with Crippen molar-refractivity contribution in [3.05, 3.63) is 22.4 Å². The van der Waals surface area contributed by atoms with E-state index < -0.39 is 5.97 Å². The lowest BCUT2D eigenvalue weighted by molar-refractivity contribution is -0.142. The lowest BCUT2D eigenvalue weighted by atomic mass is 9.92. The molecule has 0 saturated heterocycles. The van der Waals surface area contributed by atoms with Crippen molar-refractivity contribution in [2.24, 2.45) is 11.8 Å². The summed E-state index contributed by atoms with van der Waals surface area (Å²) in [5.41, 5.74) is 1.14. The zero-order valence-electron chi connectivity index (χ0n) is 8.56. The molecule has 0 spiro atoms. The van der Waals surface area contributed by atoms with Gasteiger partial charge in [0.25, 0.3) is 0 Å². The molecular weight excluding hydrogens is 196 g/mol. The molecule has 78 valence electrons. The molecule has 1 atom stereocenters. The summed E-state index contributed by atoms with van der Waals surface area (Å²) in [7, 11) is 0. The summed E-state index contributed by atoms with van der Waals surface area (Å²) < 4.78 is 0. The van der Waals surface area contributed by atoms with Crippen LogP contribution in [-0.2, 0) is 11.2 Å². The topological polar surface area (TPSA) is 37.3 Å². The maximum atomic E-state index is 11.0. The SMILES string of the molecule is CC(C)CC(Cc1ccsc1)C(=O)O. The zero-order valence-corrected chi connectivity index (χ0v) is 9.38. The Morgan fingerprint density at radius 3 is 2.71 bits per heavy atom. The molecule has 1 heterocycles. The molecular formula is C11H16O2S. The molecule has 1 N–H and O–H groups in total. The highest BCUT2D eigenvalue weighted by molar-refractivity contribution is 7.07. The average molecular weight is 212 g/mol. The molecule has 1 unspecified atom stereocenters. The fraction of sp³-hybridized carbons (Fsp3) is 0.545. The number of thiophene rings is 1. The molecule has 0 radical (unpaired) electrons. The van der Waals surface area contributed by atoms with Crippen LogP contribution in [0.2, 0.25) is 0 Å². The molecule has 0 fully saturated rings. The van der Waals surface area contributed by atoms with Gasteiger partial charge in [0.05, 0.1) is 5.92 Å². The number of hydrogen-bond acceptors (Lipinski definition) is 2. The normalized spacial score (nSPS) is 13.1. The van der Waals surface area contributed by atoms with Gasteiger partial charge in [0, 0.05) is 0 Å². The fourth-order valence-electron chi connectivity index (χ4n) is 1.53. The maximum absolute atomic E-state index is 11.0. The van der Waals surface area contributed by atoms with Crippen molar-refractivity contribution in [2.75, 3.05) is 0 Å². The predicted octanol–water partition coefficient (Wildman–Crippen LogP) is 3.04. The minimum atomic E-state index is -0.676. The first kappa shape index (κ1) is 11.2. The summed E-state index contributed by atoms with van der Waals surface area (Å²) >= 11 is 1.62. The summed E-state index contributed by atoms with van der Waals surface area (Å²) in [6.45, 7) is 4.12. The van der Waals surface area contributed by atoms with Gasteiger partial charge in [-0.05, 0) is 41.1 Å². The largest absolute Gasteiger partial charge is 0.481 e. The van der Waals surface area contributed by atoms with Gasteiger partial charge >= 0.3 is 5.97 Å². The van der Waals surface area contributed by atoms with E-state index in [4.69, 9.17) is 5.11 Å². The molecule has 1 aromatic rings. The van der Waals surface area contributed by atoms with E-state index in [1.165, 1.54) is 0 Å². The van der Waals surface area contributed by atoms with E-state index in [1.807, 2.05) is 16.8 Å². The van der Waals surface area contributed by atoms with Gasteiger partial charge in [-0.3, -0.25) is 4.79 Å². The number of hydrogen-bond donors (Lipinski definition) is 1. The van der Waals surface area contributed by atoms with Gasteiger partial charge in [-0.1, -0.05) is 13.8 Å². The van der Waals surface area contributed by atoms with Crippen LogP contribution in [0.1, 0.15) is 25.8 Å². The van der Waals surface area contributed by atoms with Crippen LogP contribution in [0.25, 0.3) is 0 Å². The standard InChI is InChI=1S/C11H16O2S/c1-8(2)5-10(11(12)13)6-9-3-4-14-7-9/h3-4,7-8,10H,5-6H2,1-2H3,(H,12,13). The fourth-order valence-corrected chi connectivity index (χ4v) is 2.22. The van der Waals surface area contributed by atoms with Crippen molar-refractivity contribution in [3.8, 4) is 0 Å². The van der Waals surface area contributed by atoms with Gasteiger partial charge in [-0.15, -0.1) is 0 Å². The number of aliphatic carboxylic acids is 1. The van der Waals surface area contributed by atoms with Gasteiger partial charge in [0.1, 0.15) is 0 Å². The molecule has 14 heavy (non-hydrogen) atoms. The third kappa shape index (κ3) is 3.50. The van der Waals surface area contributed by atoms with Gasteiger partial charge in [-0.2, -0.15) is 11.3 Å². The van der Waals surface area contributed by atoms with Crippen LogP contribution >= 0.6 is 11.3 Å². The lowest BCUT2D eigenvalue weighted by Crippen LogP contribution is -2.18. The van der Waals surface area contributed by atoms with Crippen molar-refractivity contribution in [2.45, 2.75) is 26.7 Å². The van der Waals surface area contributed by atoms with Gasteiger partial charge in [0.2, 0.25) is 0 Å². The second kappa shape index (κ2) is 5.15. The zero-order chi connectivity index (χ0) is 10.6. The van der Waals surface area contributed by atoms with Gasteiger partial charge < -0.3 is 5.11 Å². The van der Waals surface area contributed by atoms with E-state index in [0.29, 0.717) is 12.3 Å². The van der Waals surface area contributed by atoms with Crippen LogP contribution in [0.4, 0.5) is 0 Å². The van der Waals surface area contributed by atoms with E-state index in [2.05, 4.69) is 13.8 Å². The molecule has 1 rings (SSSR count). The highest BCUT2D eigenvalue weighted by Crippen LogP contribution is 2.19. The Hall–Kier alpha value is -0.830. The van der Waals surface area contributed by atoms with E-state index in [9.17, 15) is 4.79 Å². The third-order valence-electron chi connectivity index (χ3n) is 2.17. The summed E-state index contributed by atoms with van der Waals surface area (Å²) in [6, 6.07) is 2.00. The Morgan fingerprint density at radius 1 is 1.57 bits per heavy atom. The Morgan fingerprint density at radius 2 is 2.29 bits per heavy atom. The third-order valence-corrected chi connectivity index (χ3v) is 2.90. The first-order valence-electron chi connectivity index (χ1n) is 4.83. The average Bonchev–Trinajstić information content (AvgIpc) is 2.54. The Kier molecular flexibility index (Phi) is 4.14. The van der Waals surface area contributed by atoms with Crippen molar-refractivity contribution in [1.82, 2.24) is 0 Å². The first-order chi connectivity index (χ1) is 6.59. The minimum Gasteiger partial charge on any atom is -0.481 e. The predicted molar refractivity (Wildman–Crippen MR) is 58.6 cm³/mol. The van der Waals surface area contributed by atoms with Crippen LogP contribution < -0.4 is 0 Å². The first-order valence-corrected chi connectivity index (χ1v) is 5.77. The van der Waals surface area contributed by atoms with Crippen LogP contribution in [0.3, 0.4) is 0 Å². The van der Waals surface area contributed by atoms with E-state index in [1.54, 1.807) is 11.3 Å². The van der Waals surface area contributed by atoms with Crippen LogP contribution in [0, 0.1) is 11.8 Å². The molecule has 2 nitrogen and oxygen atoms in total. The Labute approximate surface area is 88.6 Å². The molecule has 0 aromatic carbocycles. The Balaban J connectivity index is 2.56. The molecule has 3 heteroatoms. The smallest absolute Gasteiger partial charge is 0.306 e. The number of carboxylic acids is 1. The maximum Gasteiger partial charge on any atom is 0.306 e. The van der Waals surface area contributed by atoms with E-state index >= 15 is 0 Å². The molecule has 0 aliphatic carbocycles. The lowest BCUT2D eigenvalue weighted by Gasteiger charge is -2.13. The van der Waals surface area contributed by atoms with Crippen LogP contribution in [-0.4, -0.2) is 11.1 Å². The molecule has 0 saturated carbocycles. The number of carbonyl (C=O) groups is 1. The molecule has 0 aliphatic heterocycles. The minimum absolute atomic E-state index is 0.232. The van der Waals surface area contributed by atoms with Crippen molar-refractivity contribution in [1.29, 1.82) is 0 Å². The Bertz CT molecular complexity index is 277. The molecule has 0 amide bonds. The quantitative estimate of drug-likeness (QED) is 0.814. The van der Waals surface area contributed by atoms with Gasteiger partial charge in [-0.25, -0.2) is 0 Å². The number of carboxylic acid groups (broad SMARTS) is 1. The van der Waals surface area contributed by atoms with Crippen molar-refractivity contribution in [3.63, 3.8) is 0 Å². The van der Waals surface area contributed by atoms with Crippen molar-refractivity contribution >= 4 is 17.3 Å². The second-order valence-electron chi connectivity index (χ2n) is 4.00. The number of rotatable bonds is 5. The summed E-state index contributed by atoms with van der Waals surface area (Å²) in [4.78, 5) is 11.0. The summed E-state index contributed by atoms with van der Waals surface area (Å²) in [5.74, 6) is -0.468. The summed E-state index contributed by atoms with van der Waals surface area (Å²) in [5, 5.41) is 13.0. The monoisotopic (exact) mass is 212 g/mol. The van der Waals surface area contributed by atoms with Gasteiger partial charge in [0.15, 0.2) is 0 Å². The van der Waals surface area contributed by atoms with E-state index in [0.717, 1.165) is 12.0 Å². The molecule has 0 aliphatic rings.